The predicted molar refractivity (Wildman–Crippen MR) is 61.4 cm³/mol. The lowest BCUT2D eigenvalue weighted by molar-refractivity contribution is 0.423. The maximum Gasteiger partial charge on any atom is -0.0414 e. The Morgan fingerprint density at radius 2 is 1.69 bits per heavy atom. The van der Waals surface area contributed by atoms with Gasteiger partial charge in [0.05, 0.1) is 0 Å². The van der Waals surface area contributed by atoms with Gasteiger partial charge in [-0.25, -0.2) is 0 Å². The van der Waals surface area contributed by atoms with Crippen LogP contribution in [0.5, 0.6) is 0 Å². The molecule has 2 atom stereocenters. The van der Waals surface area contributed by atoms with Crippen LogP contribution in [-0.2, 0) is 0 Å². The summed E-state index contributed by atoms with van der Waals surface area (Å²) in [4.78, 5) is 0. The summed E-state index contributed by atoms with van der Waals surface area (Å²) in [6.07, 6.45) is 10.1. The van der Waals surface area contributed by atoms with Crippen molar-refractivity contribution in [2.45, 2.75) is 59.3 Å². The minimum absolute atomic E-state index is 0.885. The highest BCUT2D eigenvalue weighted by Gasteiger charge is 2.03. The Labute approximate surface area is 85.1 Å². The summed E-state index contributed by atoms with van der Waals surface area (Å²) in [5.74, 6) is 1.77. The van der Waals surface area contributed by atoms with Crippen molar-refractivity contribution in [1.29, 1.82) is 0 Å². The summed E-state index contributed by atoms with van der Waals surface area (Å²) >= 11 is 0. The Kier molecular flexibility index (Phi) is 8.59. The second-order valence-electron chi connectivity index (χ2n) is 4.43. The van der Waals surface area contributed by atoms with Crippen LogP contribution >= 0.6 is 0 Å². The van der Waals surface area contributed by atoms with E-state index < -0.39 is 0 Å². The van der Waals surface area contributed by atoms with E-state index in [2.05, 4.69) is 34.1 Å². The maximum atomic E-state index is 3.89. The number of rotatable bonds is 8. The molecule has 0 amide bonds. The van der Waals surface area contributed by atoms with Crippen LogP contribution < -0.4 is 0 Å². The maximum absolute atomic E-state index is 3.89. The molecule has 0 aromatic rings. The average Bonchev–Trinajstić information content (AvgIpc) is 2.05. The summed E-state index contributed by atoms with van der Waals surface area (Å²) in [6, 6.07) is 0. The standard InChI is InChI=1S/C13H26/c1-5-8-12(3)10-7-11-13(4)9-6-2/h6,12-13H,1,5,7-11H2,2-4H3. The molecule has 13 heavy (non-hydrogen) atoms. The normalized spacial score (nSPS) is 15.7. The zero-order chi connectivity index (χ0) is 10.1. The van der Waals surface area contributed by atoms with Crippen molar-refractivity contribution in [3.63, 3.8) is 0 Å². The average molecular weight is 182 g/mol. The van der Waals surface area contributed by atoms with Crippen LogP contribution in [0.1, 0.15) is 59.3 Å². The van der Waals surface area contributed by atoms with Gasteiger partial charge in [0.15, 0.2) is 0 Å². The minimum Gasteiger partial charge on any atom is -0.0625 e. The lowest BCUT2D eigenvalue weighted by Gasteiger charge is -2.12. The Balaban J connectivity index is 3.23. The van der Waals surface area contributed by atoms with Gasteiger partial charge in [0.2, 0.25) is 0 Å². The summed E-state index contributed by atoms with van der Waals surface area (Å²) in [5.41, 5.74) is 0. The first-order chi connectivity index (χ1) is 6.20. The van der Waals surface area contributed by atoms with Gasteiger partial charge in [-0.2, -0.15) is 0 Å². The van der Waals surface area contributed by atoms with Crippen LogP contribution in [0.15, 0.2) is 0 Å². The van der Waals surface area contributed by atoms with Crippen molar-refractivity contribution < 1.29 is 0 Å². The van der Waals surface area contributed by atoms with Crippen molar-refractivity contribution in [1.82, 2.24) is 0 Å². The van der Waals surface area contributed by atoms with Gasteiger partial charge in [0, 0.05) is 0 Å². The molecule has 0 aliphatic heterocycles. The molecule has 0 saturated carbocycles. The molecule has 2 radical (unpaired) electrons. The van der Waals surface area contributed by atoms with Gasteiger partial charge in [0.1, 0.15) is 0 Å². The monoisotopic (exact) mass is 182 g/mol. The first-order valence-electron chi connectivity index (χ1n) is 5.77. The molecule has 0 rings (SSSR count). The molecule has 0 saturated heterocycles. The van der Waals surface area contributed by atoms with Crippen LogP contribution in [0.3, 0.4) is 0 Å². The second-order valence-corrected chi connectivity index (χ2v) is 4.43. The quantitative estimate of drug-likeness (QED) is 0.512. The first kappa shape index (κ1) is 13.0. The summed E-state index contributed by atoms with van der Waals surface area (Å²) in [7, 11) is 0. The van der Waals surface area contributed by atoms with E-state index in [4.69, 9.17) is 0 Å². The lowest BCUT2D eigenvalue weighted by Crippen LogP contribution is -1.98. The van der Waals surface area contributed by atoms with Gasteiger partial charge in [-0.15, -0.1) is 0 Å². The largest absolute Gasteiger partial charge is 0.0625 e. The van der Waals surface area contributed by atoms with E-state index in [1.165, 1.54) is 32.1 Å². The van der Waals surface area contributed by atoms with Gasteiger partial charge in [-0.05, 0) is 24.7 Å². The molecule has 0 bridgehead atoms. The minimum atomic E-state index is 0.885. The molecule has 2 unspecified atom stereocenters. The van der Waals surface area contributed by atoms with E-state index >= 15 is 0 Å². The van der Waals surface area contributed by atoms with E-state index in [1.54, 1.807) is 0 Å². The molecule has 0 aliphatic rings. The van der Waals surface area contributed by atoms with E-state index in [9.17, 15) is 0 Å². The number of hydrogen-bond acceptors (Lipinski definition) is 0. The van der Waals surface area contributed by atoms with Crippen LogP contribution in [-0.4, -0.2) is 0 Å². The third-order valence-corrected chi connectivity index (χ3v) is 2.73. The first-order valence-corrected chi connectivity index (χ1v) is 5.77. The van der Waals surface area contributed by atoms with Gasteiger partial charge in [-0.3, -0.25) is 0 Å². The van der Waals surface area contributed by atoms with Gasteiger partial charge < -0.3 is 0 Å². The second kappa shape index (κ2) is 8.59. The molecule has 0 N–H and O–H groups in total. The Bertz CT molecular complexity index is 84.2. The van der Waals surface area contributed by atoms with Crippen molar-refractivity contribution in [2.75, 3.05) is 0 Å². The van der Waals surface area contributed by atoms with Crippen LogP contribution in [0.25, 0.3) is 0 Å². The molecule has 0 aromatic heterocycles. The van der Waals surface area contributed by atoms with Crippen molar-refractivity contribution in [2.24, 2.45) is 11.8 Å². The topological polar surface area (TPSA) is 0 Å². The molecule has 78 valence electrons. The highest BCUT2D eigenvalue weighted by atomic mass is 14.1. The molecule has 0 heteroatoms. The molecule has 0 heterocycles. The van der Waals surface area contributed by atoms with Crippen LogP contribution in [0, 0.1) is 25.2 Å². The fourth-order valence-electron chi connectivity index (χ4n) is 1.83. The number of hydrogen-bond donors (Lipinski definition) is 0. The van der Waals surface area contributed by atoms with Gasteiger partial charge >= 0.3 is 0 Å². The zero-order valence-corrected chi connectivity index (χ0v) is 9.68. The van der Waals surface area contributed by atoms with E-state index in [-0.39, 0.29) is 0 Å². The molecule has 0 nitrogen and oxygen atoms in total. The summed E-state index contributed by atoms with van der Waals surface area (Å²) in [6.45, 7) is 10.8. The van der Waals surface area contributed by atoms with Crippen LogP contribution in [0.2, 0.25) is 0 Å². The zero-order valence-electron chi connectivity index (χ0n) is 9.68. The summed E-state index contributed by atoms with van der Waals surface area (Å²) < 4.78 is 0. The third kappa shape index (κ3) is 8.33. The van der Waals surface area contributed by atoms with E-state index in [1.807, 2.05) is 0 Å². The fraction of sp³-hybridized carbons (Fsp3) is 0.846. The van der Waals surface area contributed by atoms with E-state index in [0.717, 1.165) is 18.3 Å². The smallest absolute Gasteiger partial charge is 0.0414 e. The Morgan fingerprint density at radius 3 is 2.23 bits per heavy atom. The van der Waals surface area contributed by atoms with Gasteiger partial charge in [-0.1, -0.05) is 59.8 Å². The van der Waals surface area contributed by atoms with Crippen molar-refractivity contribution >= 4 is 0 Å². The molecular weight excluding hydrogens is 156 g/mol. The predicted octanol–water partition coefficient (Wildman–Crippen LogP) is 4.66. The molecular formula is C13H26. The molecule has 0 aliphatic carbocycles. The van der Waals surface area contributed by atoms with Gasteiger partial charge in [0.25, 0.3) is 0 Å². The molecule has 0 fully saturated rings. The molecule has 0 aromatic carbocycles. The van der Waals surface area contributed by atoms with Crippen molar-refractivity contribution in [3.05, 3.63) is 13.3 Å². The highest BCUT2D eigenvalue weighted by Crippen LogP contribution is 2.18. The highest BCUT2D eigenvalue weighted by molar-refractivity contribution is 4.64. The lowest BCUT2D eigenvalue weighted by atomic mass is 9.94. The van der Waals surface area contributed by atoms with E-state index in [0.29, 0.717) is 0 Å². The van der Waals surface area contributed by atoms with Crippen LogP contribution in [0.4, 0.5) is 0 Å². The SMILES string of the molecule is [CH2]CCC(C)CCCC(C)C[CH]C. The third-order valence-electron chi connectivity index (χ3n) is 2.73. The Morgan fingerprint density at radius 1 is 1.08 bits per heavy atom. The summed E-state index contributed by atoms with van der Waals surface area (Å²) in [5, 5.41) is 0. The fourth-order valence-corrected chi connectivity index (χ4v) is 1.83. The van der Waals surface area contributed by atoms with Crippen molar-refractivity contribution in [3.8, 4) is 0 Å². The Hall–Kier alpha value is 0. The molecule has 0 spiro atoms.